The molecule has 1 aliphatic heterocycles. The van der Waals surface area contributed by atoms with Crippen molar-refractivity contribution in [3.05, 3.63) is 66.6 Å². The molecule has 1 amide bonds. The summed E-state index contributed by atoms with van der Waals surface area (Å²) in [5.74, 6) is 0.742. The maximum atomic E-state index is 12.1. The predicted molar refractivity (Wildman–Crippen MR) is 91.9 cm³/mol. The van der Waals surface area contributed by atoms with E-state index in [0.717, 1.165) is 12.1 Å². The minimum atomic E-state index is -0.578. The van der Waals surface area contributed by atoms with Crippen molar-refractivity contribution in [2.75, 3.05) is 11.6 Å². The van der Waals surface area contributed by atoms with Crippen LogP contribution in [-0.2, 0) is 6.42 Å². The minimum Gasteiger partial charge on any atom is -0.406 e. The van der Waals surface area contributed by atoms with Crippen LogP contribution in [0.3, 0.4) is 0 Å². The number of fused-ring (bicyclic) bond motifs is 1. The average molecular weight is 333 g/mol. The van der Waals surface area contributed by atoms with Crippen LogP contribution < -0.4 is 15.2 Å². The molecule has 0 aliphatic carbocycles. The van der Waals surface area contributed by atoms with Crippen LogP contribution in [0.1, 0.15) is 5.56 Å². The topological polar surface area (TPSA) is 80.2 Å². The number of ether oxygens (including phenoxy) is 1. The molecule has 25 heavy (non-hydrogen) atoms. The van der Waals surface area contributed by atoms with E-state index in [9.17, 15) is 4.79 Å². The summed E-state index contributed by atoms with van der Waals surface area (Å²) < 4.78 is 5.25. The van der Waals surface area contributed by atoms with E-state index < -0.39 is 6.09 Å². The number of hydrogen-bond donors (Lipinski definition) is 1. The van der Waals surface area contributed by atoms with Gasteiger partial charge < -0.3 is 4.74 Å². The van der Waals surface area contributed by atoms with Crippen molar-refractivity contribution in [1.29, 1.82) is 0 Å². The van der Waals surface area contributed by atoms with Crippen molar-refractivity contribution < 1.29 is 9.53 Å². The third kappa shape index (κ3) is 3.25. The number of aromatic nitrogens is 3. The number of nitrogens with zero attached hydrogens (tertiary/aromatic N) is 4. The van der Waals surface area contributed by atoms with Crippen molar-refractivity contribution in [3.63, 3.8) is 0 Å². The lowest BCUT2D eigenvalue weighted by Crippen LogP contribution is -2.42. The molecule has 0 fully saturated rings. The zero-order valence-corrected chi connectivity index (χ0v) is 13.3. The largest absolute Gasteiger partial charge is 0.431 e. The van der Waals surface area contributed by atoms with Crippen molar-refractivity contribution in [3.8, 4) is 17.3 Å². The second-order valence-corrected chi connectivity index (χ2v) is 5.49. The minimum absolute atomic E-state index is 0.268. The fourth-order valence-corrected chi connectivity index (χ4v) is 2.69. The second-order valence-electron chi connectivity index (χ2n) is 5.49. The summed E-state index contributed by atoms with van der Waals surface area (Å²) in [6, 6.07) is 13.4. The third-order valence-corrected chi connectivity index (χ3v) is 3.85. The van der Waals surface area contributed by atoms with Gasteiger partial charge in [-0.3, -0.25) is 9.99 Å². The Morgan fingerprint density at radius 2 is 1.84 bits per heavy atom. The van der Waals surface area contributed by atoms with Gasteiger partial charge in [0.15, 0.2) is 11.6 Å². The van der Waals surface area contributed by atoms with Gasteiger partial charge in [-0.05, 0) is 30.2 Å². The van der Waals surface area contributed by atoms with Gasteiger partial charge in [-0.15, -0.1) is 0 Å². The molecule has 1 aliphatic rings. The Morgan fingerprint density at radius 3 is 2.64 bits per heavy atom. The Morgan fingerprint density at radius 1 is 1.04 bits per heavy atom. The summed E-state index contributed by atoms with van der Waals surface area (Å²) in [4.78, 5) is 24.6. The van der Waals surface area contributed by atoms with Crippen LogP contribution in [0.2, 0.25) is 0 Å². The highest BCUT2D eigenvalue weighted by Gasteiger charge is 2.20. The highest BCUT2D eigenvalue weighted by molar-refractivity contribution is 5.74. The molecule has 7 heteroatoms. The van der Waals surface area contributed by atoms with Crippen LogP contribution in [0, 0.1) is 0 Å². The van der Waals surface area contributed by atoms with Gasteiger partial charge in [-0.2, -0.15) is 0 Å². The lowest BCUT2D eigenvalue weighted by atomic mass is 10.2. The zero-order chi connectivity index (χ0) is 17.1. The van der Waals surface area contributed by atoms with Gasteiger partial charge >= 0.3 is 6.09 Å². The van der Waals surface area contributed by atoms with E-state index in [1.165, 1.54) is 18.0 Å². The Balaban J connectivity index is 1.40. The molecule has 1 aromatic carbocycles. The number of carbonyl (C=O) groups excluding carboxylic acids is 1. The van der Waals surface area contributed by atoms with Crippen molar-refractivity contribution in [2.24, 2.45) is 0 Å². The number of benzene rings is 1. The molecule has 0 spiro atoms. The standard InChI is InChI=1S/C18H15N5O2/c24-18(22-23-10-8-13-5-1-2-7-16(13)23)25-14-11-20-17(21-12-14)15-6-3-4-9-19-15/h1-7,9,11-12H,8,10H2,(H,22,24). The number of hydrazine groups is 1. The maximum absolute atomic E-state index is 12.1. The first kappa shape index (κ1) is 15.1. The molecule has 0 radical (unpaired) electrons. The third-order valence-electron chi connectivity index (χ3n) is 3.85. The average Bonchev–Trinajstić information content (AvgIpc) is 3.06. The molecule has 0 atom stereocenters. The van der Waals surface area contributed by atoms with E-state index in [-0.39, 0.29) is 5.75 Å². The molecule has 1 N–H and O–H groups in total. The number of nitrogens with one attached hydrogen (secondary N) is 1. The molecular weight excluding hydrogens is 318 g/mol. The van der Waals surface area contributed by atoms with E-state index in [2.05, 4.69) is 20.4 Å². The molecule has 0 saturated heterocycles. The number of anilines is 1. The molecule has 0 unspecified atom stereocenters. The SMILES string of the molecule is O=C(NN1CCc2ccccc21)Oc1cnc(-c2ccccn2)nc1. The summed E-state index contributed by atoms with van der Waals surface area (Å²) >= 11 is 0. The van der Waals surface area contributed by atoms with Gasteiger partial charge in [0.25, 0.3) is 0 Å². The molecule has 2 aromatic heterocycles. The summed E-state index contributed by atoms with van der Waals surface area (Å²) in [6.07, 6.45) is 4.89. The molecule has 0 bridgehead atoms. The maximum Gasteiger partial charge on any atom is 0.431 e. The van der Waals surface area contributed by atoms with E-state index >= 15 is 0 Å². The van der Waals surface area contributed by atoms with Gasteiger partial charge in [-0.1, -0.05) is 24.3 Å². The van der Waals surface area contributed by atoms with Gasteiger partial charge in [0, 0.05) is 12.7 Å². The summed E-state index contributed by atoms with van der Waals surface area (Å²) in [7, 11) is 0. The van der Waals surface area contributed by atoms with Crippen LogP contribution in [0.4, 0.5) is 10.5 Å². The second kappa shape index (κ2) is 6.56. The quantitative estimate of drug-likeness (QED) is 0.793. The van der Waals surface area contributed by atoms with Gasteiger partial charge in [-0.25, -0.2) is 20.2 Å². The first-order valence-electron chi connectivity index (χ1n) is 7.87. The number of pyridine rings is 1. The Kier molecular flexibility index (Phi) is 3.96. The number of rotatable bonds is 3. The number of para-hydroxylation sites is 1. The zero-order valence-electron chi connectivity index (χ0n) is 13.3. The van der Waals surface area contributed by atoms with Crippen molar-refractivity contribution in [2.45, 2.75) is 6.42 Å². The fourth-order valence-electron chi connectivity index (χ4n) is 2.69. The van der Waals surface area contributed by atoms with E-state index in [1.807, 2.05) is 42.5 Å². The van der Waals surface area contributed by atoms with E-state index in [0.29, 0.717) is 18.1 Å². The molecule has 3 heterocycles. The van der Waals surface area contributed by atoms with Crippen molar-refractivity contribution in [1.82, 2.24) is 20.4 Å². The Labute approximate surface area is 144 Å². The number of carbonyl (C=O) groups is 1. The summed E-state index contributed by atoms with van der Waals surface area (Å²) in [5, 5.41) is 1.78. The van der Waals surface area contributed by atoms with E-state index in [1.54, 1.807) is 11.2 Å². The highest BCUT2D eigenvalue weighted by atomic mass is 16.6. The molecule has 124 valence electrons. The number of amides is 1. The first-order valence-corrected chi connectivity index (χ1v) is 7.87. The lowest BCUT2D eigenvalue weighted by molar-refractivity contribution is 0.199. The molecule has 3 aromatic rings. The molecule has 0 saturated carbocycles. The molecule has 4 rings (SSSR count). The van der Waals surface area contributed by atoms with Crippen molar-refractivity contribution >= 4 is 11.8 Å². The Hall–Kier alpha value is -3.48. The molecular formula is C18H15N5O2. The number of hydrogen-bond acceptors (Lipinski definition) is 6. The predicted octanol–water partition coefficient (Wildman–Crippen LogP) is 2.60. The van der Waals surface area contributed by atoms with Crippen LogP contribution in [-0.4, -0.2) is 27.6 Å². The van der Waals surface area contributed by atoms with Gasteiger partial charge in [0.1, 0.15) is 5.69 Å². The van der Waals surface area contributed by atoms with E-state index in [4.69, 9.17) is 4.74 Å². The van der Waals surface area contributed by atoms with Gasteiger partial charge in [0.05, 0.1) is 18.1 Å². The summed E-state index contributed by atoms with van der Waals surface area (Å²) in [6.45, 7) is 0.712. The smallest absolute Gasteiger partial charge is 0.406 e. The van der Waals surface area contributed by atoms with Crippen LogP contribution in [0.25, 0.3) is 11.5 Å². The van der Waals surface area contributed by atoms with Gasteiger partial charge in [0.2, 0.25) is 0 Å². The lowest BCUT2D eigenvalue weighted by Gasteiger charge is -2.19. The Bertz CT molecular complexity index is 883. The van der Waals surface area contributed by atoms with Crippen LogP contribution >= 0.6 is 0 Å². The normalized spacial score (nSPS) is 12.6. The fraction of sp³-hybridized carbons (Fsp3) is 0.111. The monoisotopic (exact) mass is 333 g/mol. The van der Waals surface area contributed by atoms with Crippen LogP contribution in [0.5, 0.6) is 5.75 Å². The summed E-state index contributed by atoms with van der Waals surface area (Å²) in [5.41, 5.74) is 5.58. The first-order chi connectivity index (χ1) is 12.3. The van der Waals surface area contributed by atoms with Crippen LogP contribution in [0.15, 0.2) is 61.1 Å². The highest BCUT2D eigenvalue weighted by Crippen LogP contribution is 2.25. The molecule has 7 nitrogen and oxygen atoms in total.